The van der Waals surface area contributed by atoms with Gasteiger partial charge in [0.1, 0.15) is 5.60 Å². The maximum atomic E-state index is 10.4. The lowest BCUT2D eigenvalue weighted by molar-refractivity contribution is -0.0874. The van der Waals surface area contributed by atoms with Crippen molar-refractivity contribution in [1.82, 2.24) is 0 Å². The third-order valence-electron chi connectivity index (χ3n) is 6.35. The molecule has 98 valence electrons. The van der Waals surface area contributed by atoms with Crippen LogP contribution in [0.5, 0.6) is 0 Å². The summed E-state index contributed by atoms with van der Waals surface area (Å²) in [6, 6.07) is 0. The standard InChI is InChI=1S/C15H26O2/c1-10-6-5-7-11-8-12(16)15(9-14(10,11)4)13(2,3)17-15/h10-12,16H,5-9H2,1-4H3/t10-,11+,12+,14+,15+/m0/s1. The molecular formula is C15H26O2. The van der Waals surface area contributed by atoms with E-state index in [0.29, 0.717) is 11.3 Å². The minimum atomic E-state index is -0.249. The van der Waals surface area contributed by atoms with Crippen molar-refractivity contribution >= 4 is 0 Å². The zero-order valence-electron chi connectivity index (χ0n) is 11.6. The molecule has 3 rings (SSSR count). The van der Waals surface area contributed by atoms with Crippen LogP contribution in [-0.2, 0) is 4.74 Å². The average molecular weight is 238 g/mol. The topological polar surface area (TPSA) is 32.8 Å². The number of hydrogen-bond acceptors (Lipinski definition) is 2. The summed E-state index contributed by atoms with van der Waals surface area (Å²) in [6.07, 6.45) is 5.74. The van der Waals surface area contributed by atoms with Gasteiger partial charge in [0.25, 0.3) is 0 Å². The highest BCUT2D eigenvalue weighted by atomic mass is 16.6. The van der Waals surface area contributed by atoms with E-state index >= 15 is 0 Å². The van der Waals surface area contributed by atoms with Crippen LogP contribution in [0.15, 0.2) is 0 Å². The van der Waals surface area contributed by atoms with E-state index in [1.165, 1.54) is 19.3 Å². The van der Waals surface area contributed by atoms with Crippen LogP contribution in [0.1, 0.15) is 59.8 Å². The van der Waals surface area contributed by atoms with E-state index in [-0.39, 0.29) is 17.3 Å². The van der Waals surface area contributed by atoms with Crippen molar-refractivity contribution in [3.63, 3.8) is 0 Å². The van der Waals surface area contributed by atoms with E-state index < -0.39 is 0 Å². The van der Waals surface area contributed by atoms with Crippen LogP contribution in [0.3, 0.4) is 0 Å². The summed E-state index contributed by atoms with van der Waals surface area (Å²) in [5.41, 5.74) is 0.0344. The van der Waals surface area contributed by atoms with Crippen molar-refractivity contribution in [2.45, 2.75) is 77.1 Å². The Labute approximate surface area is 105 Å². The van der Waals surface area contributed by atoms with Crippen molar-refractivity contribution in [2.24, 2.45) is 17.3 Å². The Bertz CT molecular complexity index is 338. The third kappa shape index (κ3) is 1.40. The van der Waals surface area contributed by atoms with Crippen LogP contribution < -0.4 is 0 Å². The Balaban J connectivity index is 1.91. The summed E-state index contributed by atoms with van der Waals surface area (Å²) >= 11 is 0. The molecule has 0 aromatic rings. The van der Waals surface area contributed by atoms with Gasteiger partial charge >= 0.3 is 0 Å². The summed E-state index contributed by atoms with van der Waals surface area (Å²) in [4.78, 5) is 0. The van der Waals surface area contributed by atoms with Gasteiger partial charge in [-0.25, -0.2) is 0 Å². The molecule has 0 unspecified atom stereocenters. The first kappa shape index (κ1) is 12.0. The number of fused-ring (bicyclic) bond motifs is 1. The molecule has 0 amide bonds. The van der Waals surface area contributed by atoms with Crippen molar-refractivity contribution in [1.29, 1.82) is 0 Å². The predicted octanol–water partition coefficient (Wildman–Crippen LogP) is 3.13. The van der Waals surface area contributed by atoms with Gasteiger partial charge in [-0.3, -0.25) is 0 Å². The molecule has 2 saturated carbocycles. The monoisotopic (exact) mass is 238 g/mol. The summed E-state index contributed by atoms with van der Waals surface area (Å²) in [5.74, 6) is 1.47. The molecule has 2 heteroatoms. The molecule has 2 nitrogen and oxygen atoms in total. The molecule has 1 N–H and O–H groups in total. The lowest BCUT2D eigenvalue weighted by Crippen LogP contribution is -2.53. The normalized spacial score (nSPS) is 56.6. The number of ether oxygens (including phenoxy) is 1. The lowest BCUT2D eigenvalue weighted by atomic mass is 9.52. The van der Waals surface area contributed by atoms with Crippen LogP contribution in [-0.4, -0.2) is 22.4 Å². The summed E-state index contributed by atoms with van der Waals surface area (Å²) in [7, 11) is 0. The van der Waals surface area contributed by atoms with E-state index in [9.17, 15) is 5.11 Å². The second kappa shape index (κ2) is 3.27. The van der Waals surface area contributed by atoms with Crippen molar-refractivity contribution in [3.05, 3.63) is 0 Å². The Morgan fingerprint density at radius 1 is 1.18 bits per heavy atom. The highest BCUT2D eigenvalue weighted by Gasteiger charge is 2.72. The number of rotatable bonds is 0. The number of aliphatic hydroxyl groups is 1. The van der Waals surface area contributed by atoms with Gasteiger partial charge in [0.05, 0.1) is 11.7 Å². The quantitative estimate of drug-likeness (QED) is 0.658. The maximum Gasteiger partial charge on any atom is 0.124 e. The zero-order valence-corrected chi connectivity index (χ0v) is 11.6. The highest BCUT2D eigenvalue weighted by molar-refractivity contribution is 5.20. The first-order chi connectivity index (χ1) is 7.82. The minimum Gasteiger partial charge on any atom is -0.390 e. The van der Waals surface area contributed by atoms with Crippen molar-refractivity contribution in [2.75, 3.05) is 0 Å². The number of aliphatic hydroxyl groups excluding tert-OH is 1. The minimum absolute atomic E-state index is 0.114. The predicted molar refractivity (Wildman–Crippen MR) is 67.7 cm³/mol. The molecular weight excluding hydrogens is 212 g/mol. The van der Waals surface area contributed by atoms with Gasteiger partial charge in [0, 0.05) is 0 Å². The molecule has 0 aromatic heterocycles. The van der Waals surface area contributed by atoms with Crippen molar-refractivity contribution < 1.29 is 9.84 Å². The second-order valence-corrected chi connectivity index (χ2v) is 7.46. The fourth-order valence-corrected chi connectivity index (χ4v) is 4.73. The van der Waals surface area contributed by atoms with Gasteiger partial charge in [-0.15, -0.1) is 0 Å². The lowest BCUT2D eigenvalue weighted by Gasteiger charge is -2.53. The Kier molecular flexibility index (Phi) is 2.30. The van der Waals surface area contributed by atoms with Gasteiger partial charge in [0.15, 0.2) is 0 Å². The van der Waals surface area contributed by atoms with Gasteiger partial charge < -0.3 is 9.84 Å². The molecule has 1 heterocycles. The molecule has 17 heavy (non-hydrogen) atoms. The Morgan fingerprint density at radius 3 is 2.41 bits per heavy atom. The van der Waals surface area contributed by atoms with Gasteiger partial charge in [-0.2, -0.15) is 0 Å². The third-order valence-corrected chi connectivity index (χ3v) is 6.35. The Hall–Kier alpha value is -0.0800. The van der Waals surface area contributed by atoms with E-state index in [0.717, 1.165) is 18.8 Å². The van der Waals surface area contributed by atoms with Crippen molar-refractivity contribution in [3.8, 4) is 0 Å². The van der Waals surface area contributed by atoms with Crippen LogP contribution >= 0.6 is 0 Å². The largest absolute Gasteiger partial charge is 0.390 e. The molecule has 1 saturated heterocycles. The second-order valence-electron chi connectivity index (χ2n) is 7.46. The van der Waals surface area contributed by atoms with E-state index in [1.54, 1.807) is 0 Å². The fraction of sp³-hybridized carbons (Fsp3) is 1.00. The van der Waals surface area contributed by atoms with Gasteiger partial charge in [-0.1, -0.05) is 26.7 Å². The first-order valence-electron chi connectivity index (χ1n) is 7.20. The average Bonchev–Trinajstić information content (AvgIpc) is 2.75. The van der Waals surface area contributed by atoms with Crippen LogP contribution in [0, 0.1) is 17.3 Å². The molecule has 3 aliphatic rings. The fourth-order valence-electron chi connectivity index (χ4n) is 4.73. The smallest absolute Gasteiger partial charge is 0.124 e. The maximum absolute atomic E-state index is 10.4. The molecule has 1 aliphatic heterocycles. The summed E-state index contributed by atoms with van der Waals surface area (Å²) in [6.45, 7) is 9.10. The molecule has 5 atom stereocenters. The molecule has 0 bridgehead atoms. The van der Waals surface area contributed by atoms with Gasteiger partial charge in [-0.05, 0) is 50.4 Å². The molecule has 1 spiro atoms. The summed E-state index contributed by atoms with van der Waals surface area (Å²) in [5, 5.41) is 10.4. The summed E-state index contributed by atoms with van der Waals surface area (Å²) < 4.78 is 5.96. The van der Waals surface area contributed by atoms with E-state index in [2.05, 4.69) is 27.7 Å². The SMILES string of the molecule is C[C@H]1CCC[C@@H]2C[C@@H](O)[C@@]3(C[C@@]21C)OC3(C)C. The highest BCUT2D eigenvalue weighted by Crippen LogP contribution is 2.65. The van der Waals surface area contributed by atoms with Crippen LogP contribution in [0.4, 0.5) is 0 Å². The van der Waals surface area contributed by atoms with Crippen LogP contribution in [0.25, 0.3) is 0 Å². The van der Waals surface area contributed by atoms with Crippen LogP contribution in [0.2, 0.25) is 0 Å². The molecule has 2 aliphatic carbocycles. The number of epoxide rings is 1. The molecule has 0 radical (unpaired) electrons. The number of hydrogen-bond donors (Lipinski definition) is 1. The van der Waals surface area contributed by atoms with E-state index in [4.69, 9.17) is 4.74 Å². The zero-order chi connectivity index (χ0) is 12.5. The van der Waals surface area contributed by atoms with Gasteiger partial charge in [0.2, 0.25) is 0 Å². The Morgan fingerprint density at radius 2 is 1.82 bits per heavy atom. The molecule has 3 fully saturated rings. The van der Waals surface area contributed by atoms with E-state index in [1.807, 2.05) is 0 Å². The first-order valence-corrected chi connectivity index (χ1v) is 7.20. The molecule has 0 aromatic carbocycles.